The van der Waals surface area contributed by atoms with E-state index in [-0.39, 0.29) is 23.3 Å². The van der Waals surface area contributed by atoms with Gasteiger partial charge in [0, 0.05) is 43.9 Å². The highest BCUT2D eigenvalue weighted by molar-refractivity contribution is 6.00. The molecule has 2 aromatic carbocycles. The molecule has 3 amide bonds. The molecule has 0 radical (unpaired) electrons. The van der Waals surface area contributed by atoms with Crippen molar-refractivity contribution in [2.24, 2.45) is 5.73 Å². The summed E-state index contributed by atoms with van der Waals surface area (Å²) in [5, 5.41) is 11.4. The largest absolute Gasteiger partial charge is 0.451 e. The molecule has 3 aliphatic heterocycles. The monoisotopic (exact) mass is 475 g/mol. The van der Waals surface area contributed by atoms with Gasteiger partial charge in [-0.25, -0.2) is 4.79 Å². The van der Waals surface area contributed by atoms with Crippen LogP contribution in [0.5, 0.6) is 0 Å². The van der Waals surface area contributed by atoms with Crippen molar-refractivity contribution >= 4 is 29.0 Å². The van der Waals surface area contributed by atoms with Crippen molar-refractivity contribution in [1.82, 2.24) is 9.80 Å². The summed E-state index contributed by atoms with van der Waals surface area (Å²) in [4.78, 5) is 41.6. The van der Waals surface area contributed by atoms with Crippen LogP contribution in [-0.2, 0) is 0 Å². The Morgan fingerprint density at radius 1 is 0.971 bits per heavy atom. The molecule has 0 spiro atoms. The minimum atomic E-state index is -0.846. The molecule has 0 unspecified atom stereocenters. The number of urea groups is 1. The maximum Gasteiger partial charge on any atom is 0.324 e. The number of carbonyl (C=O) groups is 2. The van der Waals surface area contributed by atoms with E-state index in [1.165, 1.54) is 18.2 Å². The van der Waals surface area contributed by atoms with Gasteiger partial charge in [-0.05, 0) is 55.3 Å². The number of nitrogens with two attached hydrogens (primary N) is 1. The van der Waals surface area contributed by atoms with Gasteiger partial charge in [-0.15, -0.1) is 0 Å². The van der Waals surface area contributed by atoms with E-state index in [1.54, 1.807) is 42.5 Å². The topological polar surface area (TPSA) is 126 Å². The standard InChI is InChI=1S/C25H25N5O5/c26-25(32)29(20-3-1-2-4-21(20)30(33)34)19-7-5-17(6-8-19)22-9-10-23(35-22)24(31)28-16-15-27-13-11-18(28)12-14-27/h1-10,18H,11-16H2,(H2,26,32). The molecule has 3 fully saturated rings. The van der Waals surface area contributed by atoms with Crippen LogP contribution in [0.3, 0.4) is 0 Å². The number of piperidine rings is 1. The predicted molar refractivity (Wildman–Crippen MR) is 129 cm³/mol. The van der Waals surface area contributed by atoms with Gasteiger partial charge in [-0.1, -0.05) is 12.1 Å². The third-order valence-electron chi connectivity index (χ3n) is 6.68. The normalized spacial score (nSPS) is 19.3. The highest BCUT2D eigenvalue weighted by atomic mass is 16.6. The molecule has 1 aromatic heterocycles. The predicted octanol–water partition coefficient (Wildman–Crippen LogP) is 3.99. The van der Waals surface area contributed by atoms with Crippen LogP contribution in [0.15, 0.2) is 65.1 Å². The first-order chi connectivity index (χ1) is 16.9. The van der Waals surface area contributed by atoms with E-state index in [0.29, 0.717) is 29.3 Å². The second-order valence-electron chi connectivity index (χ2n) is 8.70. The van der Waals surface area contributed by atoms with Gasteiger partial charge >= 0.3 is 6.03 Å². The van der Waals surface area contributed by atoms with Crippen molar-refractivity contribution in [3.05, 3.63) is 76.5 Å². The minimum absolute atomic E-state index is 0.0755. The lowest BCUT2D eigenvalue weighted by atomic mass is 10.1. The number of nitro benzene ring substituents is 1. The Bertz CT molecular complexity index is 1260. The average molecular weight is 476 g/mol. The summed E-state index contributed by atoms with van der Waals surface area (Å²) in [6, 6.07) is 15.4. The number of nitro groups is 1. The maximum atomic E-state index is 13.1. The number of nitrogens with zero attached hydrogens (tertiary/aromatic N) is 4. The lowest BCUT2D eigenvalue weighted by molar-refractivity contribution is -0.384. The number of benzene rings is 2. The van der Waals surface area contributed by atoms with E-state index < -0.39 is 11.0 Å². The number of anilines is 2. The van der Waals surface area contributed by atoms with Crippen LogP contribution in [0.25, 0.3) is 11.3 Å². The van der Waals surface area contributed by atoms with E-state index >= 15 is 0 Å². The van der Waals surface area contributed by atoms with E-state index in [9.17, 15) is 19.7 Å². The first kappa shape index (κ1) is 22.6. The van der Waals surface area contributed by atoms with Gasteiger partial charge in [-0.3, -0.25) is 19.8 Å². The Morgan fingerprint density at radius 3 is 2.37 bits per heavy atom. The lowest BCUT2D eigenvalue weighted by Gasteiger charge is -2.30. The molecule has 2 N–H and O–H groups in total. The Hall–Kier alpha value is -4.18. The van der Waals surface area contributed by atoms with E-state index in [1.807, 2.05) is 4.90 Å². The smallest absolute Gasteiger partial charge is 0.324 e. The molecule has 10 heteroatoms. The van der Waals surface area contributed by atoms with E-state index in [4.69, 9.17) is 10.2 Å². The van der Waals surface area contributed by atoms with Crippen LogP contribution in [-0.4, -0.2) is 58.9 Å². The number of carbonyl (C=O) groups excluding carboxylic acids is 2. The van der Waals surface area contributed by atoms with Crippen LogP contribution in [0.1, 0.15) is 23.4 Å². The van der Waals surface area contributed by atoms with Crippen molar-refractivity contribution < 1.29 is 18.9 Å². The zero-order valence-corrected chi connectivity index (χ0v) is 19.0. The first-order valence-corrected chi connectivity index (χ1v) is 11.5. The van der Waals surface area contributed by atoms with Gasteiger partial charge in [0.15, 0.2) is 5.76 Å². The Kier molecular flexibility index (Phi) is 5.96. The summed E-state index contributed by atoms with van der Waals surface area (Å²) < 4.78 is 5.92. The van der Waals surface area contributed by atoms with Crippen molar-refractivity contribution in [3.63, 3.8) is 0 Å². The summed E-state index contributed by atoms with van der Waals surface area (Å²) >= 11 is 0. The molecule has 6 rings (SSSR count). The fraction of sp³-hybridized carbons (Fsp3) is 0.280. The van der Waals surface area contributed by atoms with Gasteiger partial charge in [0.05, 0.1) is 10.6 Å². The fourth-order valence-electron chi connectivity index (χ4n) is 4.87. The summed E-state index contributed by atoms with van der Waals surface area (Å²) in [7, 11) is 0. The fourth-order valence-corrected chi connectivity index (χ4v) is 4.87. The number of amides is 3. The zero-order valence-electron chi connectivity index (χ0n) is 19.0. The molecule has 3 aromatic rings. The number of furan rings is 1. The zero-order chi connectivity index (χ0) is 24.5. The molecule has 0 atom stereocenters. The SMILES string of the molecule is NC(=O)N(c1ccc(-c2ccc(C(=O)N3CCN4CCC3CC4)o2)cc1)c1ccccc1[N+](=O)[O-]. The summed E-state index contributed by atoms with van der Waals surface area (Å²) in [6.45, 7) is 3.63. The average Bonchev–Trinajstić information content (AvgIpc) is 3.17. The lowest BCUT2D eigenvalue weighted by Crippen LogP contribution is -2.41. The van der Waals surface area contributed by atoms with Crippen LogP contribution in [0.2, 0.25) is 0 Å². The Labute approximate surface area is 201 Å². The Morgan fingerprint density at radius 2 is 1.69 bits per heavy atom. The van der Waals surface area contributed by atoms with Gasteiger partial charge < -0.3 is 20.0 Å². The van der Waals surface area contributed by atoms with Crippen LogP contribution < -0.4 is 10.6 Å². The third-order valence-corrected chi connectivity index (χ3v) is 6.68. The van der Waals surface area contributed by atoms with Crippen LogP contribution >= 0.6 is 0 Å². The number of hydrogen-bond acceptors (Lipinski definition) is 6. The van der Waals surface area contributed by atoms with Crippen molar-refractivity contribution in [3.8, 4) is 11.3 Å². The maximum absolute atomic E-state index is 13.1. The van der Waals surface area contributed by atoms with Gasteiger partial charge in [0.2, 0.25) is 0 Å². The summed E-state index contributed by atoms with van der Waals surface area (Å²) in [5.74, 6) is 0.708. The molecular weight excluding hydrogens is 450 g/mol. The second-order valence-corrected chi connectivity index (χ2v) is 8.70. The number of fused-ring (bicyclic) bond motifs is 4. The number of para-hydroxylation sites is 2. The number of primary amides is 1. The molecule has 3 saturated heterocycles. The first-order valence-electron chi connectivity index (χ1n) is 11.5. The molecular formula is C25H25N5O5. The van der Waals surface area contributed by atoms with Gasteiger partial charge in [0.1, 0.15) is 11.4 Å². The molecule has 10 nitrogen and oxygen atoms in total. The molecule has 0 aliphatic carbocycles. The van der Waals surface area contributed by atoms with Crippen molar-refractivity contribution in [2.75, 3.05) is 31.1 Å². The highest BCUT2D eigenvalue weighted by Gasteiger charge is 2.33. The number of hydrogen-bond donors (Lipinski definition) is 1. The minimum Gasteiger partial charge on any atom is -0.451 e. The van der Waals surface area contributed by atoms with Gasteiger partial charge in [-0.2, -0.15) is 0 Å². The Balaban J connectivity index is 1.38. The number of rotatable bonds is 5. The van der Waals surface area contributed by atoms with E-state index in [2.05, 4.69) is 4.90 Å². The van der Waals surface area contributed by atoms with Crippen molar-refractivity contribution in [1.29, 1.82) is 0 Å². The van der Waals surface area contributed by atoms with Crippen LogP contribution in [0, 0.1) is 10.1 Å². The molecule has 0 saturated carbocycles. The summed E-state index contributed by atoms with van der Waals surface area (Å²) in [6.07, 6.45) is 1.97. The molecule has 2 bridgehead atoms. The van der Waals surface area contributed by atoms with Gasteiger partial charge in [0.25, 0.3) is 11.6 Å². The quantitative estimate of drug-likeness (QED) is 0.439. The third kappa shape index (κ3) is 4.35. The second kappa shape index (κ2) is 9.22. The molecule has 4 heterocycles. The summed E-state index contributed by atoms with van der Waals surface area (Å²) in [5.41, 5.74) is 6.47. The highest BCUT2D eigenvalue weighted by Crippen LogP contribution is 2.35. The van der Waals surface area contributed by atoms with Crippen LogP contribution in [0.4, 0.5) is 21.9 Å². The molecule has 180 valence electrons. The van der Waals surface area contributed by atoms with E-state index in [0.717, 1.165) is 37.4 Å². The van der Waals surface area contributed by atoms with Crippen molar-refractivity contribution in [2.45, 2.75) is 18.9 Å². The molecule has 35 heavy (non-hydrogen) atoms. The molecule has 3 aliphatic rings.